The van der Waals surface area contributed by atoms with E-state index < -0.39 is 15.3 Å². The van der Waals surface area contributed by atoms with Crippen LogP contribution in [0, 0.1) is 0 Å². The van der Waals surface area contributed by atoms with E-state index in [1.807, 2.05) is 0 Å². The van der Waals surface area contributed by atoms with Crippen LogP contribution >= 0.6 is 12.2 Å². The quantitative estimate of drug-likeness (QED) is 0.656. The van der Waals surface area contributed by atoms with Crippen LogP contribution in [-0.2, 0) is 17.1 Å². The summed E-state index contributed by atoms with van der Waals surface area (Å²) in [6.45, 7) is 1.67. The van der Waals surface area contributed by atoms with Crippen LogP contribution < -0.4 is 10.5 Å². The summed E-state index contributed by atoms with van der Waals surface area (Å²) in [5.41, 5.74) is 5.34. The Morgan fingerprint density at radius 3 is 2.69 bits per heavy atom. The van der Waals surface area contributed by atoms with Crippen LogP contribution in [0.25, 0.3) is 0 Å². The molecule has 16 heavy (non-hydrogen) atoms. The lowest BCUT2D eigenvalue weighted by Crippen LogP contribution is -2.37. The Hall–Kier alpha value is -1.29. The molecule has 1 atom stereocenters. The summed E-state index contributed by atoms with van der Waals surface area (Å²) in [6.07, 6.45) is 0.283. The molecule has 90 valence electrons. The van der Waals surface area contributed by atoms with Crippen LogP contribution in [0.1, 0.15) is 13.3 Å². The van der Waals surface area contributed by atoms with Crippen molar-refractivity contribution in [2.75, 3.05) is 4.72 Å². The molecular formula is C6H12N6O2S2. The summed E-state index contributed by atoms with van der Waals surface area (Å²) < 4.78 is 25.7. The minimum absolute atomic E-state index is 0.0844. The number of hydrogen-bond donors (Lipinski definition) is 2. The molecule has 1 aromatic heterocycles. The number of nitrogens with zero attached hydrogens (tertiary/aromatic N) is 4. The molecule has 0 aliphatic rings. The van der Waals surface area contributed by atoms with Gasteiger partial charge in [-0.15, -0.1) is 5.10 Å². The first-order valence-corrected chi connectivity index (χ1v) is 6.37. The third-order valence-corrected chi connectivity index (χ3v) is 4.04. The van der Waals surface area contributed by atoms with Crippen LogP contribution in [-0.4, -0.2) is 38.9 Å². The van der Waals surface area contributed by atoms with Gasteiger partial charge in [0.25, 0.3) is 5.95 Å². The third kappa shape index (κ3) is 2.85. The van der Waals surface area contributed by atoms with Gasteiger partial charge in [0.2, 0.25) is 10.0 Å². The zero-order valence-electron chi connectivity index (χ0n) is 8.78. The Morgan fingerprint density at radius 1 is 1.69 bits per heavy atom. The molecule has 0 saturated carbocycles. The van der Waals surface area contributed by atoms with Crippen LogP contribution in [0.5, 0.6) is 0 Å². The zero-order valence-corrected chi connectivity index (χ0v) is 10.4. The van der Waals surface area contributed by atoms with Crippen molar-refractivity contribution >= 4 is 33.2 Å². The monoisotopic (exact) mass is 264 g/mol. The van der Waals surface area contributed by atoms with E-state index in [4.69, 9.17) is 5.73 Å². The maximum absolute atomic E-state index is 11.8. The molecule has 0 aliphatic carbocycles. The zero-order chi connectivity index (χ0) is 12.3. The molecule has 0 aliphatic heterocycles. The Kier molecular flexibility index (Phi) is 3.75. The molecule has 0 bridgehead atoms. The second-order valence-electron chi connectivity index (χ2n) is 3.05. The fourth-order valence-corrected chi connectivity index (χ4v) is 2.87. The number of tetrazole rings is 1. The molecule has 0 fully saturated rings. The van der Waals surface area contributed by atoms with Crippen LogP contribution in [0.15, 0.2) is 0 Å². The summed E-state index contributed by atoms with van der Waals surface area (Å²) in [5.74, 6) is -0.0998. The molecular weight excluding hydrogens is 252 g/mol. The average Bonchev–Trinajstić information content (AvgIpc) is 2.49. The van der Waals surface area contributed by atoms with E-state index in [1.54, 1.807) is 6.92 Å². The maximum atomic E-state index is 11.8. The van der Waals surface area contributed by atoms with E-state index in [-0.39, 0.29) is 17.4 Å². The van der Waals surface area contributed by atoms with Gasteiger partial charge in [0, 0.05) is 0 Å². The third-order valence-electron chi connectivity index (χ3n) is 1.80. The highest BCUT2D eigenvalue weighted by atomic mass is 32.2. The fraction of sp³-hybridized carbons (Fsp3) is 0.667. The largest absolute Gasteiger partial charge is 0.392 e. The van der Waals surface area contributed by atoms with Crippen molar-refractivity contribution in [2.45, 2.75) is 18.6 Å². The second-order valence-corrected chi connectivity index (χ2v) is 5.38. The number of aryl methyl sites for hydroxylation is 1. The molecule has 1 aromatic rings. The van der Waals surface area contributed by atoms with Crippen molar-refractivity contribution in [3.05, 3.63) is 0 Å². The molecule has 3 N–H and O–H groups in total. The molecule has 0 aromatic carbocycles. The molecule has 1 heterocycles. The summed E-state index contributed by atoms with van der Waals surface area (Å²) >= 11 is 4.68. The number of nitrogens with two attached hydrogens (primary N) is 1. The van der Waals surface area contributed by atoms with Crippen molar-refractivity contribution in [2.24, 2.45) is 12.8 Å². The smallest absolute Gasteiger partial charge is 0.276 e. The first kappa shape index (κ1) is 12.8. The molecule has 0 saturated heterocycles. The predicted octanol–water partition coefficient (Wildman–Crippen LogP) is -0.983. The molecule has 1 rings (SSSR count). The number of aromatic nitrogens is 4. The van der Waals surface area contributed by atoms with Gasteiger partial charge in [-0.25, -0.2) is 13.1 Å². The highest BCUT2D eigenvalue weighted by Crippen LogP contribution is 2.09. The lowest BCUT2D eigenvalue weighted by atomic mass is 10.3. The van der Waals surface area contributed by atoms with Crippen molar-refractivity contribution in [3.63, 3.8) is 0 Å². The van der Waals surface area contributed by atoms with Gasteiger partial charge in [-0.05, 0) is 11.6 Å². The van der Waals surface area contributed by atoms with E-state index in [9.17, 15) is 8.42 Å². The Bertz CT molecular complexity index is 481. The van der Waals surface area contributed by atoms with E-state index in [0.29, 0.717) is 0 Å². The van der Waals surface area contributed by atoms with Gasteiger partial charge in [0.15, 0.2) is 0 Å². The lowest BCUT2D eigenvalue weighted by molar-refractivity contribution is 0.594. The lowest BCUT2D eigenvalue weighted by Gasteiger charge is -2.13. The van der Waals surface area contributed by atoms with Gasteiger partial charge in [0.1, 0.15) is 5.25 Å². The average molecular weight is 264 g/mol. The number of thiocarbonyl (C=S) groups is 1. The van der Waals surface area contributed by atoms with Crippen molar-refractivity contribution in [1.29, 1.82) is 0 Å². The molecule has 1 unspecified atom stereocenters. The van der Waals surface area contributed by atoms with Gasteiger partial charge in [-0.1, -0.05) is 24.2 Å². The van der Waals surface area contributed by atoms with E-state index in [2.05, 4.69) is 32.4 Å². The summed E-state index contributed by atoms with van der Waals surface area (Å²) in [5, 5.41) is 9.75. The predicted molar refractivity (Wildman–Crippen MR) is 62.2 cm³/mol. The van der Waals surface area contributed by atoms with Crippen LogP contribution in [0.4, 0.5) is 5.95 Å². The number of anilines is 1. The Morgan fingerprint density at radius 2 is 2.31 bits per heavy atom. The Labute approximate surface area is 98.2 Å². The maximum Gasteiger partial charge on any atom is 0.276 e. The molecule has 0 amide bonds. The number of sulfonamides is 1. The first-order chi connectivity index (χ1) is 7.36. The molecule has 0 spiro atoms. The normalized spacial score (nSPS) is 13.4. The van der Waals surface area contributed by atoms with Gasteiger partial charge >= 0.3 is 0 Å². The van der Waals surface area contributed by atoms with Crippen LogP contribution in [0.2, 0.25) is 0 Å². The standard InChI is InChI=1S/C6H12N6O2S2/c1-3-4(5(7)15)16(13,14)10-6-8-11-12(2)9-6/h4H,3H2,1-2H3,(H2,7,15)(H,9,10). The highest BCUT2D eigenvalue weighted by molar-refractivity contribution is 7.95. The summed E-state index contributed by atoms with van der Waals surface area (Å²) in [7, 11) is -2.18. The number of rotatable bonds is 5. The molecule has 8 nitrogen and oxygen atoms in total. The van der Waals surface area contributed by atoms with Crippen LogP contribution in [0.3, 0.4) is 0 Å². The fourth-order valence-electron chi connectivity index (χ4n) is 1.10. The van der Waals surface area contributed by atoms with Gasteiger partial charge in [-0.3, -0.25) is 0 Å². The van der Waals surface area contributed by atoms with Crippen molar-refractivity contribution < 1.29 is 8.42 Å². The topological polar surface area (TPSA) is 116 Å². The highest BCUT2D eigenvalue weighted by Gasteiger charge is 2.27. The minimum Gasteiger partial charge on any atom is -0.392 e. The summed E-state index contributed by atoms with van der Waals surface area (Å²) in [6, 6.07) is 0. The number of hydrogen-bond acceptors (Lipinski definition) is 6. The molecule has 10 heteroatoms. The number of nitrogens with one attached hydrogen (secondary N) is 1. The first-order valence-electron chi connectivity index (χ1n) is 4.41. The van der Waals surface area contributed by atoms with Crippen molar-refractivity contribution in [3.8, 4) is 0 Å². The minimum atomic E-state index is -3.71. The van der Waals surface area contributed by atoms with Gasteiger partial charge in [-0.2, -0.15) is 4.80 Å². The van der Waals surface area contributed by atoms with Gasteiger partial charge in [0.05, 0.1) is 12.0 Å². The van der Waals surface area contributed by atoms with Crippen molar-refractivity contribution in [1.82, 2.24) is 20.2 Å². The Balaban J connectivity index is 2.90. The van der Waals surface area contributed by atoms with E-state index in [0.717, 1.165) is 4.80 Å². The second kappa shape index (κ2) is 4.70. The van der Waals surface area contributed by atoms with Gasteiger partial charge < -0.3 is 5.73 Å². The van der Waals surface area contributed by atoms with E-state index in [1.165, 1.54) is 7.05 Å². The van der Waals surface area contributed by atoms with E-state index >= 15 is 0 Å². The molecule has 0 radical (unpaired) electrons. The SMILES string of the molecule is CCC(C(N)=S)S(=O)(=O)Nc1nnn(C)n1. The summed E-state index contributed by atoms with van der Waals surface area (Å²) in [4.78, 5) is 1.05.